The molecule has 11 aromatic rings. The first kappa shape index (κ1) is 26.5. The number of rotatable bonds is 3. The molecule has 0 radical (unpaired) electrons. The van der Waals surface area contributed by atoms with Crippen LogP contribution in [-0.4, -0.2) is 9.13 Å². The normalized spacial score (nSPS) is 12.1. The van der Waals surface area contributed by atoms with Gasteiger partial charge < -0.3 is 13.6 Å². The minimum atomic E-state index is 0.913. The Morgan fingerprint density at radius 1 is 0.327 bits per heavy atom. The summed E-state index contributed by atoms with van der Waals surface area (Å²) in [5, 5.41) is 9.74. The van der Waals surface area contributed by atoms with Crippen LogP contribution >= 0.6 is 0 Å². The average molecular weight is 625 g/mol. The Morgan fingerprint density at radius 3 is 1.65 bits per heavy atom. The van der Waals surface area contributed by atoms with Gasteiger partial charge in [-0.1, -0.05) is 121 Å². The number of aromatic nitrogens is 2. The SMILES string of the molecule is c1ccc(-n2c3ccccc3c3c4c5ccccc5n(-c5ccc(-c6cccc7c6oc6ccccc67)c6ccccc56)c4ccc32)cc1. The van der Waals surface area contributed by atoms with Gasteiger partial charge in [-0.15, -0.1) is 0 Å². The third-order valence-electron chi connectivity index (χ3n) is 10.3. The summed E-state index contributed by atoms with van der Waals surface area (Å²) < 4.78 is 11.4. The lowest BCUT2D eigenvalue weighted by Crippen LogP contribution is -1.97. The molecule has 0 aliphatic rings. The van der Waals surface area contributed by atoms with E-state index < -0.39 is 0 Å². The van der Waals surface area contributed by atoms with Crippen LogP contribution in [0.1, 0.15) is 0 Å². The van der Waals surface area contributed by atoms with Gasteiger partial charge in [0.1, 0.15) is 11.2 Å². The summed E-state index contributed by atoms with van der Waals surface area (Å²) in [5.41, 5.74) is 11.2. The van der Waals surface area contributed by atoms with Crippen LogP contribution in [0.25, 0.3) is 98.8 Å². The lowest BCUT2D eigenvalue weighted by molar-refractivity contribution is 0.670. The number of fused-ring (bicyclic) bond motifs is 11. The molecule has 0 atom stereocenters. The smallest absolute Gasteiger partial charge is 0.143 e. The highest BCUT2D eigenvalue weighted by molar-refractivity contribution is 6.29. The molecule has 0 fully saturated rings. The molecular weight excluding hydrogens is 597 g/mol. The standard InChI is InChI=1S/C46H28N2O/c1-2-13-29(14-3-1)47-38-22-9-6-18-36(38)44-41(47)27-28-42-45(44)37-19-7-10-23-39(37)48(42)40-26-25-31(30-15-4-5-16-32(30)40)34-20-12-21-35-33-17-8-11-24-43(33)49-46(34)35/h1-28H. The number of nitrogens with zero attached hydrogens (tertiary/aromatic N) is 2. The van der Waals surface area contributed by atoms with Gasteiger partial charge in [0.25, 0.3) is 0 Å². The summed E-state index contributed by atoms with van der Waals surface area (Å²) in [4.78, 5) is 0. The van der Waals surface area contributed by atoms with Gasteiger partial charge in [0.05, 0.1) is 27.8 Å². The van der Waals surface area contributed by atoms with Gasteiger partial charge >= 0.3 is 0 Å². The molecule has 3 aromatic heterocycles. The first-order chi connectivity index (χ1) is 24.3. The first-order valence-electron chi connectivity index (χ1n) is 16.8. The molecule has 11 rings (SSSR count). The first-order valence-corrected chi connectivity index (χ1v) is 16.8. The largest absolute Gasteiger partial charge is 0.455 e. The minimum absolute atomic E-state index is 0.913. The van der Waals surface area contributed by atoms with Gasteiger partial charge in [0, 0.05) is 49.0 Å². The number of hydrogen-bond donors (Lipinski definition) is 0. The van der Waals surface area contributed by atoms with E-state index in [1.165, 1.54) is 54.4 Å². The number of hydrogen-bond acceptors (Lipinski definition) is 1. The maximum Gasteiger partial charge on any atom is 0.143 e. The van der Waals surface area contributed by atoms with Crippen molar-refractivity contribution in [1.82, 2.24) is 9.13 Å². The van der Waals surface area contributed by atoms with Crippen LogP contribution in [0.2, 0.25) is 0 Å². The maximum absolute atomic E-state index is 6.51. The van der Waals surface area contributed by atoms with Gasteiger partial charge in [-0.2, -0.15) is 0 Å². The lowest BCUT2D eigenvalue weighted by Gasteiger charge is -2.15. The molecule has 0 aliphatic heterocycles. The summed E-state index contributed by atoms with van der Waals surface area (Å²) in [6.07, 6.45) is 0. The van der Waals surface area contributed by atoms with E-state index in [0.29, 0.717) is 0 Å². The second-order valence-electron chi connectivity index (χ2n) is 12.9. The molecule has 0 aliphatic carbocycles. The molecule has 228 valence electrons. The van der Waals surface area contributed by atoms with E-state index in [0.717, 1.165) is 44.4 Å². The van der Waals surface area contributed by atoms with Crippen molar-refractivity contribution in [3.8, 4) is 22.5 Å². The molecule has 3 heteroatoms. The molecule has 49 heavy (non-hydrogen) atoms. The van der Waals surface area contributed by atoms with Gasteiger partial charge in [0.2, 0.25) is 0 Å². The van der Waals surface area contributed by atoms with Crippen molar-refractivity contribution in [2.45, 2.75) is 0 Å². The third-order valence-corrected chi connectivity index (χ3v) is 10.3. The highest BCUT2D eigenvalue weighted by Gasteiger charge is 2.22. The molecule has 0 N–H and O–H groups in total. The second kappa shape index (κ2) is 9.96. The van der Waals surface area contributed by atoms with Gasteiger partial charge in [-0.3, -0.25) is 0 Å². The zero-order valence-electron chi connectivity index (χ0n) is 26.5. The summed E-state index contributed by atoms with van der Waals surface area (Å²) in [6.45, 7) is 0. The predicted molar refractivity (Wildman–Crippen MR) is 205 cm³/mol. The molecule has 3 nitrogen and oxygen atoms in total. The molecule has 3 heterocycles. The summed E-state index contributed by atoms with van der Waals surface area (Å²) in [5.74, 6) is 0. The molecule has 0 spiro atoms. The number of furan rings is 1. The van der Waals surface area contributed by atoms with Crippen LogP contribution < -0.4 is 0 Å². The van der Waals surface area contributed by atoms with E-state index in [4.69, 9.17) is 4.42 Å². The average Bonchev–Trinajstić information content (AvgIpc) is 3.82. The fraction of sp³-hybridized carbons (Fsp3) is 0. The van der Waals surface area contributed by atoms with E-state index in [1.807, 2.05) is 6.07 Å². The van der Waals surface area contributed by atoms with Crippen LogP contribution in [0, 0.1) is 0 Å². The molecule has 8 aromatic carbocycles. The zero-order chi connectivity index (χ0) is 32.1. The highest BCUT2D eigenvalue weighted by atomic mass is 16.3. The zero-order valence-corrected chi connectivity index (χ0v) is 26.5. The Kier molecular flexibility index (Phi) is 5.38. The van der Waals surface area contributed by atoms with Crippen LogP contribution in [-0.2, 0) is 0 Å². The van der Waals surface area contributed by atoms with Crippen LogP contribution in [0.3, 0.4) is 0 Å². The van der Waals surface area contributed by atoms with Crippen LogP contribution in [0.4, 0.5) is 0 Å². The van der Waals surface area contributed by atoms with E-state index >= 15 is 0 Å². The van der Waals surface area contributed by atoms with Crippen molar-refractivity contribution in [3.05, 3.63) is 170 Å². The van der Waals surface area contributed by atoms with E-state index in [-0.39, 0.29) is 0 Å². The van der Waals surface area contributed by atoms with Crippen molar-refractivity contribution in [2.24, 2.45) is 0 Å². The number of para-hydroxylation sites is 5. The fourth-order valence-corrected chi connectivity index (χ4v) is 8.31. The third kappa shape index (κ3) is 3.62. The summed E-state index contributed by atoms with van der Waals surface area (Å²) in [6, 6.07) is 61.1. The molecule has 0 unspecified atom stereocenters. The number of benzene rings is 8. The second-order valence-corrected chi connectivity index (χ2v) is 12.9. The van der Waals surface area contributed by atoms with Gasteiger partial charge in [-0.25, -0.2) is 0 Å². The summed E-state index contributed by atoms with van der Waals surface area (Å²) >= 11 is 0. The minimum Gasteiger partial charge on any atom is -0.455 e. The van der Waals surface area contributed by atoms with Crippen molar-refractivity contribution in [3.63, 3.8) is 0 Å². The fourth-order valence-electron chi connectivity index (χ4n) is 8.31. The Labute approximate surface area is 281 Å². The molecule has 0 bridgehead atoms. The van der Waals surface area contributed by atoms with Gasteiger partial charge in [-0.05, 0) is 59.5 Å². The topological polar surface area (TPSA) is 23.0 Å². The lowest BCUT2D eigenvalue weighted by atomic mass is 9.95. The molecule has 0 saturated carbocycles. The Morgan fingerprint density at radius 2 is 0.898 bits per heavy atom. The van der Waals surface area contributed by atoms with E-state index in [2.05, 4.69) is 173 Å². The van der Waals surface area contributed by atoms with Crippen LogP contribution in [0.5, 0.6) is 0 Å². The predicted octanol–water partition coefficient (Wildman–Crippen LogP) is 12.6. The van der Waals surface area contributed by atoms with Crippen molar-refractivity contribution < 1.29 is 4.42 Å². The van der Waals surface area contributed by atoms with Crippen LogP contribution in [0.15, 0.2) is 174 Å². The Bertz CT molecular complexity index is 3100. The van der Waals surface area contributed by atoms with Crippen molar-refractivity contribution >= 4 is 76.3 Å². The van der Waals surface area contributed by atoms with E-state index in [9.17, 15) is 0 Å². The molecular formula is C46H28N2O. The highest BCUT2D eigenvalue weighted by Crippen LogP contribution is 2.45. The van der Waals surface area contributed by atoms with E-state index in [1.54, 1.807) is 0 Å². The Hall–Kier alpha value is -6.58. The van der Waals surface area contributed by atoms with Crippen molar-refractivity contribution in [2.75, 3.05) is 0 Å². The van der Waals surface area contributed by atoms with Crippen molar-refractivity contribution in [1.29, 1.82) is 0 Å². The molecule has 0 saturated heterocycles. The molecule has 0 amide bonds. The Balaban J connectivity index is 1.23. The monoisotopic (exact) mass is 624 g/mol. The van der Waals surface area contributed by atoms with Gasteiger partial charge in [0.15, 0.2) is 0 Å². The summed E-state index contributed by atoms with van der Waals surface area (Å²) in [7, 11) is 0. The quantitative estimate of drug-likeness (QED) is 0.192. The maximum atomic E-state index is 6.51.